The fourth-order valence-corrected chi connectivity index (χ4v) is 1.63. The highest BCUT2D eigenvalue weighted by atomic mass is 16.6. The van der Waals surface area contributed by atoms with Gasteiger partial charge in [-0.2, -0.15) is 0 Å². The monoisotopic (exact) mass is 216 g/mol. The van der Waals surface area contributed by atoms with Crippen LogP contribution in [0, 0.1) is 24.0 Å². The number of aromatic nitrogens is 1. The largest absolute Gasteiger partial charge is 0.318 e. The third kappa shape index (κ3) is 1.69. The smallest absolute Gasteiger partial charge is 0.293 e. The van der Waals surface area contributed by atoms with Gasteiger partial charge in [0.25, 0.3) is 5.69 Å². The van der Waals surface area contributed by atoms with Crippen molar-refractivity contribution in [3.63, 3.8) is 0 Å². The van der Waals surface area contributed by atoms with Crippen molar-refractivity contribution in [1.82, 2.24) is 4.57 Å². The molecule has 0 amide bonds. The molecule has 82 valence electrons. The van der Waals surface area contributed by atoms with E-state index in [1.165, 1.54) is 0 Å². The average molecular weight is 216 g/mol. The van der Waals surface area contributed by atoms with Crippen LogP contribution in [0.5, 0.6) is 0 Å². The molecule has 2 rings (SSSR count). The first-order valence-corrected chi connectivity index (χ1v) is 4.98. The fourth-order valence-electron chi connectivity index (χ4n) is 1.63. The Balaban J connectivity index is 2.68. The molecule has 0 bridgehead atoms. The van der Waals surface area contributed by atoms with Gasteiger partial charge in [0.1, 0.15) is 5.69 Å². The summed E-state index contributed by atoms with van der Waals surface area (Å²) >= 11 is 0. The van der Waals surface area contributed by atoms with Gasteiger partial charge < -0.3 is 4.57 Å². The van der Waals surface area contributed by atoms with Gasteiger partial charge in [0.05, 0.1) is 4.92 Å². The fraction of sp³-hybridized carbons (Fsp3) is 0.167. The first-order chi connectivity index (χ1) is 7.59. The number of nitro benzene ring substituents is 1. The Morgan fingerprint density at radius 1 is 1.12 bits per heavy atom. The van der Waals surface area contributed by atoms with E-state index in [0.29, 0.717) is 5.69 Å². The molecule has 0 fully saturated rings. The maximum atomic E-state index is 11.0. The van der Waals surface area contributed by atoms with Crippen molar-refractivity contribution in [2.45, 2.75) is 13.8 Å². The van der Waals surface area contributed by atoms with Crippen LogP contribution in [0.2, 0.25) is 0 Å². The van der Waals surface area contributed by atoms with Crippen molar-refractivity contribution in [2.75, 3.05) is 0 Å². The van der Waals surface area contributed by atoms with E-state index in [2.05, 4.69) is 0 Å². The molecular formula is C12H12N2O2. The maximum Gasteiger partial charge on any atom is 0.293 e. The van der Waals surface area contributed by atoms with Crippen LogP contribution >= 0.6 is 0 Å². The van der Waals surface area contributed by atoms with Crippen LogP contribution in [0.15, 0.2) is 36.7 Å². The molecule has 0 aliphatic carbocycles. The predicted molar refractivity (Wildman–Crippen MR) is 61.9 cm³/mol. The molecule has 0 N–H and O–H groups in total. The second-order valence-corrected chi connectivity index (χ2v) is 3.77. The number of hydrogen-bond donors (Lipinski definition) is 0. The number of benzene rings is 1. The van der Waals surface area contributed by atoms with Crippen LogP contribution in [0.3, 0.4) is 0 Å². The van der Waals surface area contributed by atoms with Gasteiger partial charge in [-0.05, 0) is 43.2 Å². The minimum atomic E-state index is -0.345. The van der Waals surface area contributed by atoms with Crippen LogP contribution in [0.1, 0.15) is 11.1 Å². The normalized spacial score (nSPS) is 10.4. The summed E-state index contributed by atoms with van der Waals surface area (Å²) in [4.78, 5) is 10.6. The molecule has 2 aromatic rings. The third-order valence-corrected chi connectivity index (χ3v) is 2.67. The summed E-state index contributed by atoms with van der Waals surface area (Å²) in [6, 6.07) is 7.15. The van der Waals surface area contributed by atoms with E-state index in [9.17, 15) is 10.1 Å². The first-order valence-electron chi connectivity index (χ1n) is 4.98. The van der Waals surface area contributed by atoms with E-state index in [0.717, 1.165) is 11.1 Å². The van der Waals surface area contributed by atoms with E-state index in [-0.39, 0.29) is 10.6 Å². The van der Waals surface area contributed by atoms with Crippen LogP contribution in [0.4, 0.5) is 5.69 Å². The topological polar surface area (TPSA) is 48.1 Å². The van der Waals surface area contributed by atoms with Crippen molar-refractivity contribution in [3.05, 3.63) is 57.9 Å². The summed E-state index contributed by atoms with van der Waals surface area (Å²) < 4.78 is 1.75. The van der Waals surface area contributed by atoms with E-state index in [4.69, 9.17) is 0 Å². The quantitative estimate of drug-likeness (QED) is 0.572. The molecule has 0 unspecified atom stereocenters. The predicted octanol–water partition coefficient (Wildman–Crippen LogP) is 3.00. The van der Waals surface area contributed by atoms with Crippen molar-refractivity contribution in [3.8, 4) is 5.69 Å². The van der Waals surface area contributed by atoms with E-state index < -0.39 is 0 Å². The van der Waals surface area contributed by atoms with Crippen molar-refractivity contribution >= 4 is 5.69 Å². The Labute approximate surface area is 93.3 Å². The summed E-state index contributed by atoms with van der Waals surface area (Å²) in [6.07, 6.45) is 3.61. The average Bonchev–Trinajstić information content (AvgIpc) is 2.74. The van der Waals surface area contributed by atoms with Gasteiger partial charge in [0.2, 0.25) is 0 Å². The zero-order chi connectivity index (χ0) is 11.7. The Bertz CT molecular complexity index is 530. The number of rotatable bonds is 2. The highest BCUT2D eigenvalue weighted by Crippen LogP contribution is 2.26. The summed E-state index contributed by atoms with van der Waals surface area (Å²) in [6.45, 7) is 3.83. The molecule has 1 heterocycles. The van der Waals surface area contributed by atoms with Crippen molar-refractivity contribution < 1.29 is 4.92 Å². The Kier molecular flexibility index (Phi) is 2.48. The second kappa shape index (κ2) is 3.81. The van der Waals surface area contributed by atoms with Gasteiger partial charge in [-0.25, -0.2) is 0 Å². The Hall–Kier alpha value is -2.10. The number of hydrogen-bond acceptors (Lipinski definition) is 2. The SMILES string of the molecule is Cc1cc(-n2cccc2)c([N+](=O)[O-])cc1C. The maximum absolute atomic E-state index is 11.0. The summed E-state index contributed by atoms with van der Waals surface area (Å²) in [5.41, 5.74) is 2.73. The van der Waals surface area contributed by atoms with Gasteiger partial charge in [0.15, 0.2) is 0 Å². The van der Waals surface area contributed by atoms with E-state index in [1.807, 2.05) is 32.0 Å². The zero-order valence-corrected chi connectivity index (χ0v) is 9.18. The van der Waals surface area contributed by atoms with Gasteiger partial charge in [-0.15, -0.1) is 0 Å². The molecule has 0 atom stereocenters. The summed E-state index contributed by atoms with van der Waals surface area (Å²) in [7, 11) is 0. The van der Waals surface area contributed by atoms with Gasteiger partial charge in [-0.3, -0.25) is 10.1 Å². The molecule has 4 nitrogen and oxygen atoms in total. The Morgan fingerprint density at radius 3 is 2.25 bits per heavy atom. The molecule has 0 spiro atoms. The lowest BCUT2D eigenvalue weighted by molar-refractivity contribution is -0.384. The van der Waals surface area contributed by atoms with E-state index >= 15 is 0 Å². The number of nitro groups is 1. The Morgan fingerprint density at radius 2 is 1.69 bits per heavy atom. The van der Waals surface area contributed by atoms with Crippen molar-refractivity contribution in [2.24, 2.45) is 0 Å². The summed E-state index contributed by atoms with van der Waals surface area (Å²) in [5.74, 6) is 0. The van der Waals surface area contributed by atoms with Crippen molar-refractivity contribution in [1.29, 1.82) is 0 Å². The lowest BCUT2D eigenvalue weighted by atomic mass is 10.1. The minimum Gasteiger partial charge on any atom is -0.318 e. The highest BCUT2D eigenvalue weighted by molar-refractivity contribution is 5.56. The number of nitrogens with zero attached hydrogens (tertiary/aromatic N) is 2. The lowest BCUT2D eigenvalue weighted by Crippen LogP contribution is -2.00. The van der Waals surface area contributed by atoms with Crippen LogP contribution in [-0.4, -0.2) is 9.49 Å². The molecule has 0 aliphatic heterocycles. The number of aryl methyl sites for hydroxylation is 2. The standard InChI is InChI=1S/C12H12N2O2/c1-9-7-11(13-5-3-4-6-13)12(14(15)16)8-10(9)2/h3-8H,1-2H3. The molecule has 1 aromatic carbocycles. The third-order valence-electron chi connectivity index (χ3n) is 2.67. The van der Waals surface area contributed by atoms with Gasteiger partial charge in [0, 0.05) is 18.5 Å². The van der Waals surface area contributed by atoms with Crippen LogP contribution in [0.25, 0.3) is 5.69 Å². The molecule has 0 saturated carbocycles. The second-order valence-electron chi connectivity index (χ2n) is 3.77. The zero-order valence-electron chi connectivity index (χ0n) is 9.18. The molecular weight excluding hydrogens is 204 g/mol. The minimum absolute atomic E-state index is 0.138. The molecule has 0 saturated heterocycles. The van der Waals surface area contributed by atoms with Crippen LogP contribution < -0.4 is 0 Å². The van der Waals surface area contributed by atoms with Gasteiger partial charge >= 0.3 is 0 Å². The molecule has 16 heavy (non-hydrogen) atoms. The van der Waals surface area contributed by atoms with Crippen LogP contribution in [-0.2, 0) is 0 Å². The highest BCUT2D eigenvalue weighted by Gasteiger charge is 2.16. The molecule has 0 aliphatic rings. The van der Waals surface area contributed by atoms with Gasteiger partial charge in [-0.1, -0.05) is 0 Å². The lowest BCUT2D eigenvalue weighted by Gasteiger charge is -2.07. The van der Waals surface area contributed by atoms with E-state index in [1.54, 1.807) is 23.0 Å². The first kappa shape index (κ1) is 10.4. The molecule has 0 radical (unpaired) electrons. The summed E-state index contributed by atoms with van der Waals surface area (Å²) in [5, 5.41) is 11.0. The molecule has 1 aromatic heterocycles. The molecule has 4 heteroatoms.